The Kier molecular flexibility index (Phi) is 6.48. The van der Waals surface area contributed by atoms with Gasteiger partial charge in [-0.3, -0.25) is 4.90 Å². The Labute approximate surface area is 139 Å². The van der Waals surface area contributed by atoms with Gasteiger partial charge in [-0.2, -0.15) is 13.8 Å². The molecule has 0 aliphatic rings. The lowest BCUT2D eigenvalue weighted by Gasteiger charge is -2.16. The lowest BCUT2D eigenvalue weighted by atomic mass is 10.2. The zero-order chi connectivity index (χ0) is 17.5. The maximum Gasteiger partial charge on any atom is 0.387 e. The average molecular weight is 341 g/mol. The third kappa shape index (κ3) is 5.16. The van der Waals surface area contributed by atoms with E-state index in [0.717, 1.165) is 12.0 Å². The molecule has 0 unspecified atom stereocenters. The molecule has 24 heavy (non-hydrogen) atoms. The molecule has 0 spiro atoms. The summed E-state index contributed by atoms with van der Waals surface area (Å²) in [4.78, 5) is 6.23. The number of hydrogen-bond donors (Lipinski definition) is 0. The van der Waals surface area contributed by atoms with Crippen LogP contribution in [0, 0.1) is 0 Å². The molecule has 0 aliphatic heterocycles. The molecule has 8 heteroatoms. The predicted molar refractivity (Wildman–Crippen MR) is 83.1 cm³/mol. The predicted octanol–water partition coefficient (Wildman–Crippen LogP) is 3.26. The zero-order valence-electron chi connectivity index (χ0n) is 14.0. The summed E-state index contributed by atoms with van der Waals surface area (Å²) in [6, 6.07) is 4.91. The van der Waals surface area contributed by atoms with Gasteiger partial charge in [-0.15, -0.1) is 0 Å². The van der Waals surface area contributed by atoms with Gasteiger partial charge in [-0.25, -0.2) is 0 Å². The molecule has 0 fully saturated rings. The lowest BCUT2D eigenvalue weighted by molar-refractivity contribution is -0.0514. The first-order chi connectivity index (χ1) is 11.5. The Hall–Kier alpha value is -2.22. The second kappa shape index (κ2) is 8.58. The minimum atomic E-state index is -2.89. The molecule has 132 valence electrons. The van der Waals surface area contributed by atoms with E-state index in [1.165, 1.54) is 6.07 Å². The molecule has 1 heterocycles. The van der Waals surface area contributed by atoms with E-state index < -0.39 is 6.61 Å². The molecule has 1 aromatic heterocycles. The monoisotopic (exact) mass is 341 g/mol. The highest BCUT2D eigenvalue weighted by Gasteiger charge is 2.13. The smallest absolute Gasteiger partial charge is 0.387 e. The van der Waals surface area contributed by atoms with Crippen LogP contribution in [0.2, 0.25) is 0 Å². The van der Waals surface area contributed by atoms with E-state index in [1.54, 1.807) is 19.1 Å². The Bertz CT molecular complexity index is 649. The molecule has 0 saturated heterocycles. The number of aryl methyl sites for hydroxylation is 1. The number of benzene rings is 1. The van der Waals surface area contributed by atoms with Crippen LogP contribution in [-0.4, -0.2) is 35.3 Å². The second-order valence-corrected chi connectivity index (χ2v) is 5.22. The molecule has 6 nitrogen and oxygen atoms in total. The Balaban J connectivity index is 2.03. The Morgan fingerprint density at radius 2 is 2.00 bits per heavy atom. The van der Waals surface area contributed by atoms with E-state index in [-0.39, 0.29) is 5.75 Å². The lowest BCUT2D eigenvalue weighted by Crippen LogP contribution is -2.17. The van der Waals surface area contributed by atoms with E-state index in [9.17, 15) is 8.78 Å². The molecule has 0 N–H and O–H groups in total. The fraction of sp³-hybridized carbons (Fsp3) is 0.500. The number of aromatic nitrogens is 2. The van der Waals surface area contributed by atoms with Gasteiger partial charge in [0.1, 0.15) is 0 Å². The van der Waals surface area contributed by atoms with Crippen LogP contribution in [0.5, 0.6) is 11.5 Å². The van der Waals surface area contributed by atoms with Gasteiger partial charge in [0, 0.05) is 13.0 Å². The highest BCUT2D eigenvalue weighted by Crippen LogP contribution is 2.30. The summed E-state index contributed by atoms with van der Waals surface area (Å²) in [6.07, 6.45) is 0.719. The van der Waals surface area contributed by atoms with Gasteiger partial charge in [0.25, 0.3) is 0 Å². The quantitative estimate of drug-likeness (QED) is 0.698. The van der Waals surface area contributed by atoms with Crippen LogP contribution in [0.1, 0.15) is 31.1 Å². The summed E-state index contributed by atoms with van der Waals surface area (Å²) in [5.41, 5.74) is 0.901. The summed E-state index contributed by atoms with van der Waals surface area (Å²) in [6.45, 7) is 2.27. The van der Waals surface area contributed by atoms with Gasteiger partial charge in [0.05, 0.1) is 13.2 Å². The van der Waals surface area contributed by atoms with Gasteiger partial charge in [-0.1, -0.05) is 18.1 Å². The van der Waals surface area contributed by atoms with Crippen molar-refractivity contribution in [1.29, 1.82) is 0 Å². The van der Waals surface area contributed by atoms with E-state index in [0.29, 0.717) is 37.2 Å². The number of rotatable bonds is 9. The summed E-state index contributed by atoms with van der Waals surface area (Å²) < 4.78 is 39.8. The number of nitrogens with zero attached hydrogens (tertiary/aromatic N) is 3. The molecular weight excluding hydrogens is 320 g/mol. The van der Waals surface area contributed by atoms with Crippen molar-refractivity contribution in [2.24, 2.45) is 0 Å². The molecule has 2 aromatic rings. The molecular formula is C16H21F2N3O3. The van der Waals surface area contributed by atoms with Crippen molar-refractivity contribution in [2.45, 2.75) is 40.0 Å². The fourth-order valence-electron chi connectivity index (χ4n) is 2.21. The van der Waals surface area contributed by atoms with Crippen LogP contribution >= 0.6 is 0 Å². The highest BCUT2D eigenvalue weighted by molar-refractivity contribution is 5.43. The van der Waals surface area contributed by atoms with Gasteiger partial charge in [0.15, 0.2) is 17.3 Å². The van der Waals surface area contributed by atoms with Crippen molar-refractivity contribution < 1.29 is 22.8 Å². The molecule has 2 rings (SSSR count). The van der Waals surface area contributed by atoms with Crippen molar-refractivity contribution in [3.05, 3.63) is 35.5 Å². The van der Waals surface area contributed by atoms with Crippen LogP contribution in [0.4, 0.5) is 8.78 Å². The molecule has 0 aliphatic carbocycles. The van der Waals surface area contributed by atoms with Gasteiger partial charge in [0.2, 0.25) is 5.89 Å². The zero-order valence-corrected chi connectivity index (χ0v) is 14.0. The SMILES string of the molecule is CCOc1cc(CN(C)Cc2nc(CC)no2)ccc1OC(F)F. The third-order valence-electron chi connectivity index (χ3n) is 3.21. The summed E-state index contributed by atoms with van der Waals surface area (Å²) in [7, 11) is 1.90. The average Bonchev–Trinajstić information content (AvgIpc) is 2.97. The second-order valence-electron chi connectivity index (χ2n) is 5.22. The summed E-state index contributed by atoms with van der Waals surface area (Å²) >= 11 is 0. The molecule has 0 atom stereocenters. The first-order valence-electron chi connectivity index (χ1n) is 7.72. The van der Waals surface area contributed by atoms with E-state index in [4.69, 9.17) is 9.26 Å². The van der Waals surface area contributed by atoms with E-state index >= 15 is 0 Å². The number of ether oxygens (including phenoxy) is 2. The number of hydrogen-bond acceptors (Lipinski definition) is 6. The number of halogens is 2. The first-order valence-corrected chi connectivity index (χ1v) is 7.72. The molecule has 1 aromatic carbocycles. The maximum atomic E-state index is 12.4. The van der Waals surface area contributed by atoms with E-state index in [2.05, 4.69) is 14.9 Å². The maximum absolute atomic E-state index is 12.4. The Morgan fingerprint density at radius 1 is 1.21 bits per heavy atom. The van der Waals surface area contributed by atoms with Crippen molar-refractivity contribution in [3.63, 3.8) is 0 Å². The van der Waals surface area contributed by atoms with Crippen molar-refractivity contribution >= 4 is 0 Å². The molecule has 0 saturated carbocycles. The third-order valence-corrected chi connectivity index (χ3v) is 3.21. The van der Waals surface area contributed by atoms with Gasteiger partial charge in [-0.05, 0) is 31.7 Å². The van der Waals surface area contributed by atoms with Gasteiger partial charge >= 0.3 is 6.61 Å². The van der Waals surface area contributed by atoms with Crippen molar-refractivity contribution in [1.82, 2.24) is 15.0 Å². The number of alkyl halides is 2. The normalized spacial score (nSPS) is 11.3. The van der Waals surface area contributed by atoms with Crippen LogP contribution in [-0.2, 0) is 19.5 Å². The molecule has 0 bridgehead atoms. The fourth-order valence-corrected chi connectivity index (χ4v) is 2.21. The molecule has 0 amide bonds. The minimum Gasteiger partial charge on any atom is -0.490 e. The topological polar surface area (TPSA) is 60.6 Å². The molecule has 0 radical (unpaired) electrons. The van der Waals surface area contributed by atoms with Crippen LogP contribution in [0.25, 0.3) is 0 Å². The standard InChI is InChI=1S/C16H21F2N3O3/c1-4-14-19-15(24-20-14)10-21(3)9-11-6-7-12(23-16(17)18)13(8-11)22-5-2/h6-8,16H,4-5,9-10H2,1-3H3. The summed E-state index contributed by atoms with van der Waals surface area (Å²) in [5, 5.41) is 3.85. The first kappa shape index (κ1) is 18.1. The van der Waals surface area contributed by atoms with Crippen LogP contribution in [0.15, 0.2) is 22.7 Å². The van der Waals surface area contributed by atoms with Crippen molar-refractivity contribution in [2.75, 3.05) is 13.7 Å². The van der Waals surface area contributed by atoms with Gasteiger partial charge < -0.3 is 14.0 Å². The highest BCUT2D eigenvalue weighted by atomic mass is 19.3. The van der Waals surface area contributed by atoms with Crippen LogP contribution < -0.4 is 9.47 Å². The largest absolute Gasteiger partial charge is 0.490 e. The summed E-state index contributed by atoms with van der Waals surface area (Å²) in [5.74, 6) is 1.54. The van der Waals surface area contributed by atoms with Crippen molar-refractivity contribution in [3.8, 4) is 11.5 Å². The minimum absolute atomic E-state index is 0.0303. The Morgan fingerprint density at radius 3 is 2.62 bits per heavy atom. The van der Waals surface area contributed by atoms with Crippen LogP contribution in [0.3, 0.4) is 0 Å². The van der Waals surface area contributed by atoms with E-state index in [1.807, 2.05) is 18.9 Å².